The normalized spacial score (nSPS) is 19.7. The second-order valence-corrected chi connectivity index (χ2v) is 7.58. The van der Waals surface area contributed by atoms with E-state index >= 15 is 0 Å². The fraction of sp³-hybridized carbons (Fsp3) is 0.923. The maximum atomic E-state index is 12.3. The van der Waals surface area contributed by atoms with E-state index in [1.54, 1.807) is 0 Å². The molecule has 8 heteroatoms. The number of carbonyl (C=O) groups is 1. The van der Waals surface area contributed by atoms with Crippen LogP contribution in [0.3, 0.4) is 0 Å². The van der Waals surface area contributed by atoms with Gasteiger partial charge in [-0.25, -0.2) is 0 Å². The molecule has 1 unspecified atom stereocenters. The average Bonchev–Trinajstić information content (AvgIpc) is 2.45. The number of piperidine rings is 1. The highest BCUT2D eigenvalue weighted by Crippen LogP contribution is 2.20. The van der Waals surface area contributed by atoms with Crippen LogP contribution in [-0.4, -0.2) is 51.5 Å². The Morgan fingerprint density at radius 2 is 1.95 bits per heavy atom. The van der Waals surface area contributed by atoms with Crippen LogP contribution >= 0.6 is 0 Å². The molecule has 0 radical (unpaired) electrons. The molecule has 0 spiro atoms. The van der Waals surface area contributed by atoms with Crippen molar-refractivity contribution in [3.05, 3.63) is 0 Å². The first kappa shape index (κ1) is 18.3. The lowest BCUT2D eigenvalue weighted by Crippen LogP contribution is -2.51. The number of rotatable bonds is 7. The molecule has 0 aromatic carbocycles. The maximum Gasteiger partial charge on any atom is 0.308 e. The van der Waals surface area contributed by atoms with Crippen molar-refractivity contribution in [1.82, 2.24) is 9.03 Å². The van der Waals surface area contributed by atoms with Crippen LogP contribution < -0.4 is 10.5 Å². The van der Waals surface area contributed by atoms with E-state index < -0.39 is 10.2 Å². The van der Waals surface area contributed by atoms with E-state index in [4.69, 9.17) is 10.5 Å². The van der Waals surface area contributed by atoms with Crippen LogP contribution in [-0.2, 0) is 19.7 Å². The monoisotopic (exact) mass is 321 g/mol. The number of nitrogens with two attached hydrogens (primary N) is 1. The highest BCUT2D eigenvalue weighted by atomic mass is 32.2. The molecule has 1 fully saturated rings. The molecule has 0 saturated carbocycles. The number of esters is 1. The van der Waals surface area contributed by atoms with E-state index in [1.807, 2.05) is 13.8 Å². The quantitative estimate of drug-likeness (QED) is 0.647. The number of nitrogens with zero attached hydrogens (tertiary/aromatic N) is 1. The molecule has 1 aliphatic heterocycles. The Balaban J connectivity index is 2.58. The first-order valence-corrected chi connectivity index (χ1v) is 8.79. The molecule has 7 nitrogen and oxygen atoms in total. The molecule has 1 heterocycles. The Morgan fingerprint density at radius 3 is 2.38 bits per heavy atom. The van der Waals surface area contributed by atoms with Gasteiger partial charge >= 0.3 is 5.97 Å². The Morgan fingerprint density at radius 1 is 1.38 bits per heavy atom. The molecule has 0 aliphatic carbocycles. The highest BCUT2D eigenvalue weighted by Gasteiger charge is 2.32. The van der Waals surface area contributed by atoms with E-state index in [9.17, 15) is 13.2 Å². The Labute approximate surface area is 127 Å². The fourth-order valence-electron chi connectivity index (χ4n) is 2.55. The number of carbonyl (C=O) groups excluding carboxylic acids is 1. The standard InChI is InChI=1S/C13H27N3O4S/c1-10(2)8-12(9-14)15-21(18,19)16-6-4-11(5-7-16)13(17)20-3/h10-12,15H,4-9,14H2,1-3H3. The van der Waals surface area contributed by atoms with E-state index in [2.05, 4.69) is 4.72 Å². The number of ether oxygens (including phenoxy) is 1. The van der Waals surface area contributed by atoms with E-state index in [1.165, 1.54) is 11.4 Å². The van der Waals surface area contributed by atoms with Gasteiger partial charge in [-0.05, 0) is 25.2 Å². The largest absolute Gasteiger partial charge is 0.469 e. The third-order valence-electron chi connectivity index (χ3n) is 3.68. The number of methoxy groups -OCH3 is 1. The molecule has 0 aromatic rings. The van der Waals surface area contributed by atoms with Gasteiger partial charge in [-0.2, -0.15) is 17.4 Å². The minimum Gasteiger partial charge on any atom is -0.469 e. The van der Waals surface area contributed by atoms with Crippen molar-refractivity contribution in [3.63, 3.8) is 0 Å². The van der Waals surface area contributed by atoms with Crippen molar-refractivity contribution >= 4 is 16.2 Å². The van der Waals surface area contributed by atoms with Crippen LogP contribution in [0.15, 0.2) is 0 Å². The zero-order valence-corrected chi connectivity index (χ0v) is 13.9. The summed E-state index contributed by atoms with van der Waals surface area (Å²) in [7, 11) is -2.19. The average molecular weight is 321 g/mol. The van der Waals surface area contributed by atoms with Crippen LogP contribution in [0.1, 0.15) is 33.1 Å². The lowest BCUT2D eigenvalue weighted by Gasteiger charge is -2.31. The van der Waals surface area contributed by atoms with Crippen LogP contribution in [0.2, 0.25) is 0 Å². The van der Waals surface area contributed by atoms with Crippen LogP contribution in [0.4, 0.5) is 0 Å². The first-order chi connectivity index (χ1) is 9.80. The van der Waals surface area contributed by atoms with Crippen molar-refractivity contribution in [2.45, 2.75) is 39.2 Å². The predicted molar refractivity (Wildman–Crippen MR) is 80.7 cm³/mol. The van der Waals surface area contributed by atoms with Crippen LogP contribution in [0, 0.1) is 11.8 Å². The van der Waals surface area contributed by atoms with Crippen LogP contribution in [0.25, 0.3) is 0 Å². The molecule has 21 heavy (non-hydrogen) atoms. The molecule has 1 saturated heterocycles. The molecule has 0 amide bonds. The third kappa shape index (κ3) is 5.54. The number of hydrogen-bond acceptors (Lipinski definition) is 5. The summed E-state index contributed by atoms with van der Waals surface area (Å²) >= 11 is 0. The van der Waals surface area contributed by atoms with E-state index in [-0.39, 0.29) is 24.5 Å². The summed E-state index contributed by atoms with van der Waals surface area (Å²) in [5, 5.41) is 0. The van der Waals surface area contributed by atoms with Gasteiger partial charge in [-0.3, -0.25) is 4.79 Å². The molecular formula is C13H27N3O4S. The summed E-state index contributed by atoms with van der Waals surface area (Å²) in [5.74, 6) is -0.103. The Kier molecular flexibility index (Phi) is 7.05. The van der Waals surface area contributed by atoms with Gasteiger partial charge in [-0.1, -0.05) is 13.8 Å². The molecule has 124 valence electrons. The molecular weight excluding hydrogens is 294 g/mol. The van der Waals surface area contributed by atoms with Crippen molar-refractivity contribution in [2.24, 2.45) is 17.6 Å². The minimum atomic E-state index is -3.54. The summed E-state index contributed by atoms with van der Waals surface area (Å²) < 4.78 is 33.4. The van der Waals surface area contributed by atoms with Gasteiger partial charge < -0.3 is 10.5 Å². The lowest BCUT2D eigenvalue weighted by molar-refractivity contribution is -0.146. The maximum absolute atomic E-state index is 12.3. The number of nitrogens with one attached hydrogen (secondary N) is 1. The van der Waals surface area contributed by atoms with Crippen molar-refractivity contribution in [1.29, 1.82) is 0 Å². The lowest BCUT2D eigenvalue weighted by atomic mass is 9.99. The molecule has 1 atom stereocenters. The summed E-state index contributed by atoms with van der Waals surface area (Å²) in [5.41, 5.74) is 5.63. The van der Waals surface area contributed by atoms with Crippen molar-refractivity contribution in [2.75, 3.05) is 26.7 Å². The molecule has 1 aliphatic rings. The second-order valence-electron chi connectivity index (χ2n) is 5.88. The second kappa shape index (κ2) is 8.07. The smallest absolute Gasteiger partial charge is 0.308 e. The van der Waals surface area contributed by atoms with Gasteiger partial charge in [0, 0.05) is 25.7 Å². The zero-order chi connectivity index (χ0) is 16.0. The molecule has 1 rings (SSSR count). The van der Waals surface area contributed by atoms with Crippen molar-refractivity contribution < 1.29 is 17.9 Å². The Hall–Kier alpha value is -0.700. The molecule has 3 N–H and O–H groups in total. The fourth-order valence-corrected chi connectivity index (χ4v) is 4.00. The molecule has 0 bridgehead atoms. The first-order valence-electron chi connectivity index (χ1n) is 7.35. The van der Waals surface area contributed by atoms with Gasteiger partial charge in [0.25, 0.3) is 10.2 Å². The topological polar surface area (TPSA) is 102 Å². The summed E-state index contributed by atoms with van der Waals surface area (Å²) in [6.07, 6.45) is 1.68. The van der Waals surface area contributed by atoms with Crippen LogP contribution in [0.5, 0.6) is 0 Å². The van der Waals surface area contributed by atoms with Gasteiger partial charge in [-0.15, -0.1) is 0 Å². The molecule has 0 aromatic heterocycles. The summed E-state index contributed by atoms with van der Waals surface area (Å²) in [4.78, 5) is 11.4. The van der Waals surface area contributed by atoms with Crippen molar-refractivity contribution in [3.8, 4) is 0 Å². The van der Waals surface area contributed by atoms with Gasteiger partial charge in [0.15, 0.2) is 0 Å². The minimum absolute atomic E-state index is 0.206. The number of hydrogen-bond donors (Lipinski definition) is 2. The van der Waals surface area contributed by atoms with E-state index in [0.717, 1.165) is 0 Å². The zero-order valence-electron chi connectivity index (χ0n) is 13.0. The Bertz CT molecular complexity index is 431. The van der Waals surface area contributed by atoms with Gasteiger partial charge in [0.05, 0.1) is 13.0 Å². The van der Waals surface area contributed by atoms with Gasteiger partial charge in [0.2, 0.25) is 0 Å². The van der Waals surface area contributed by atoms with Gasteiger partial charge in [0.1, 0.15) is 0 Å². The summed E-state index contributed by atoms with van der Waals surface area (Å²) in [6, 6.07) is -0.256. The van der Waals surface area contributed by atoms with E-state index in [0.29, 0.717) is 38.3 Å². The predicted octanol–water partition coefficient (Wildman–Crippen LogP) is 0.0792. The third-order valence-corrected chi connectivity index (χ3v) is 5.36. The summed E-state index contributed by atoms with van der Waals surface area (Å²) in [6.45, 7) is 4.98. The SMILES string of the molecule is COC(=O)C1CCN(S(=O)(=O)NC(CN)CC(C)C)CC1. The highest BCUT2D eigenvalue weighted by molar-refractivity contribution is 7.87.